The molecule has 0 saturated heterocycles. The lowest BCUT2D eigenvalue weighted by molar-refractivity contribution is 0.178. The summed E-state index contributed by atoms with van der Waals surface area (Å²) >= 11 is 0. The van der Waals surface area contributed by atoms with E-state index in [0.717, 1.165) is 24.6 Å². The van der Waals surface area contributed by atoms with E-state index in [-0.39, 0.29) is 12.6 Å². The number of aliphatic hydroxyl groups excluding tert-OH is 1. The molecule has 108 valence electrons. The summed E-state index contributed by atoms with van der Waals surface area (Å²) in [5, 5.41) is 15.5. The van der Waals surface area contributed by atoms with Crippen LogP contribution in [-0.4, -0.2) is 41.4 Å². The summed E-state index contributed by atoms with van der Waals surface area (Å²) in [5.41, 5.74) is 0. The van der Waals surface area contributed by atoms with Crippen LogP contribution in [0.3, 0.4) is 0 Å². The van der Waals surface area contributed by atoms with Gasteiger partial charge >= 0.3 is 0 Å². The fourth-order valence-electron chi connectivity index (χ4n) is 1.78. The quantitative estimate of drug-likeness (QED) is 0.631. The van der Waals surface area contributed by atoms with Gasteiger partial charge in [0, 0.05) is 32.4 Å². The minimum absolute atomic E-state index is 0.168. The molecule has 0 aromatic carbocycles. The lowest BCUT2D eigenvalue weighted by Crippen LogP contribution is -2.21. The molecule has 1 aromatic rings. The Kier molecular flexibility index (Phi) is 7.14. The van der Waals surface area contributed by atoms with Gasteiger partial charge in [0.1, 0.15) is 18.2 Å². The molecular formula is C13H24N4O2. The largest absolute Gasteiger partial charge is 0.396 e. The molecule has 19 heavy (non-hydrogen) atoms. The Hall–Kier alpha value is -1.40. The van der Waals surface area contributed by atoms with Crippen molar-refractivity contribution in [3.63, 3.8) is 0 Å². The van der Waals surface area contributed by atoms with Crippen LogP contribution < -0.4 is 10.6 Å². The number of rotatable bonds is 9. The summed E-state index contributed by atoms with van der Waals surface area (Å²) in [4.78, 5) is 8.76. The van der Waals surface area contributed by atoms with Crippen LogP contribution in [0.4, 0.5) is 11.6 Å². The predicted octanol–water partition coefficient (Wildman–Crippen LogP) is 1.63. The third-order valence-corrected chi connectivity index (χ3v) is 2.73. The molecule has 0 aliphatic rings. The first-order valence-corrected chi connectivity index (χ1v) is 6.71. The number of aromatic nitrogens is 2. The van der Waals surface area contributed by atoms with Gasteiger partial charge in [0.2, 0.25) is 0 Å². The Morgan fingerprint density at radius 1 is 1.32 bits per heavy atom. The topological polar surface area (TPSA) is 79.3 Å². The second-order valence-corrected chi connectivity index (χ2v) is 4.28. The van der Waals surface area contributed by atoms with Gasteiger partial charge in [-0.3, -0.25) is 0 Å². The average Bonchev–Trinajstić information content (AvgIpc) is 2.39. The van der Waals surface area contributed by atoms with E-state index in [1.807, 2.05) is 13.0 Å². The van der Waals surface area contributed by atoms with Crippen molar-refractivity contribution < 1.29 is 9.84 Å². The Morgan fingerprint density at radius 2 is 2.05 bits per heavy atom. The van der Waals surface area contributed by atoms with E-state index in [2.05, 4.69) is 27.5 Å². The highest BCUT2D eigenvalue weighted by Crippen LogP contribution is 2.14. The van der Waals surface area contributed by atoms with Gasteiger partial charge < -0.3 is 20.5 Å². The van der Waals surface area contributed by atoms with Gasteiger partial charge in [-0.1, -0.05) is 6.92 Å². The third-order valence-electron chi connectivity index (χ3n) is 2.73. The summed E-state index contributed by atoms with van der Waals surface area (Å²) in [6.45, 7) is 5.45. The summed E-state index contributed by atoms with van der Waals surface area (Å²) in [6, 6.07) is 2.09. The van der Waals surface area contributed by atoms with Crippen molar-refractivity contribution in [2.75, 3.05) is 30.9 Å². The average molecular weight is 268 g/mol. The number of hydrogen-bond donors (Lipinski definition) is 3. The molecule has 6 heteroatoms. The number of aliphatic hydroxyl groups is 1. The van der Waals surface area contributed by atoms with Crippen molar-refractivity contribution in [1.82, 2.24) is 9.97 Å². The monoisotopic (exact) mass is 268 g/mol. The van der Waals surface area contributed by atoms with Gasteiger partial charge in [0.15, 0.2) is 5.82 Å². The minimum atomic E-state index is 0.168. The highest BCUT2D eigenvalue weighted by atomic mass is 16.5. The first-order valence-electron chi connectivity index (χ1n) is 6.71. The predicted molar refractivity (Wildman–Crippen MR) is 76.3 cm³/mol. The number of nitrogens with zero attached hydrogens (tertiary/aromatic N) is 2. The Bertz CT molecular complexity index is 349. The van der Waals surface area contributed by atoms with E-state index in [9.17, 15) is 0 Å². The van der Waals surface area contributed by atoms with Crippen LogP contribution >= 0.6 is 0 Å². The zero-order valence-corrected chi connectivity index (χ0v) is 11.9. The number of methoxy groups -OCH3 is 1. The van der Waals surface area contributed by atoms with E-state index < -0.39 is 0 Å². The van der Waals surface area contributed by atoms with E-state index in [1.165, 1.54) is 0 Å². The molecule has 1 atom stereocenters. The van der Waals surface area contributed by atoms with Gasteiger partial charge in [-0.25, -0.2) is 9.97 Å². The molecule has 1 aromatic heterocycles. The van der Waals surface area contributed by atoms with E-state index in [1.54, 1.807) is 7.11 Å². The van der Waals surface area contributed by atoms with Crippen molar-refractivity contribution >= 4 is 11.6 Å². The van der Waals surface area contributed by atoms with Crippen molar-refractivity contribution in [2.45, 2.75) is 39.3 Å². The number of hydrogen-bond acceptors (Lipinski definition) is 6. The zero-order chi connectivity index (χ0) is 14.1. The summed E-state index contributed by atoms with van der Waals surface area (Å²) in [7, 11) is 1.62. The van der Waals surface area contributed by atoms with Crippen LogP contribution in [0.2, 0.25) is 0 Å². The molecule has 0 saturated carbocycles. The molecule has 0 fully saturated rings. The van der Waals surface area contributed by atoms with E-state index in [0.29, 0.717) is 18.9 Å². The minimum Gasteiger partial charge on any atom is -0.396 e. The lowest BCUT2D eigenvalue weighted by atomic mass is 10.1. The van der Waals surface area contributed by atoms with Crippen LogP contribution in [0.25, 0.3) is 0 Å². The molecule has 6 nitrogen and oxygen atoms in total. The number of anilines is 2. The maximum atomic E-state index is 9.02. The molecule has 0 bridgehead atoms. The highest BCUT2D eigenvalue weighted by Gasteiger charge is 2.09. The van der Waals surface area contributed by atoms with Crippen molar-refractivity contribution in [2.24, 2.45) is 0 Å². The SMILES string of the molecule is CCNc1cc(NC(CC)CCO)nc(COC)n1. The molecule has 0 radical (unpaired) electrons. The molecule has 0 aliphatic carbocycles. The Labute approximate surface area is 114 Å². The third kappa shape index (κ3) is 5.40. The van der Waals surface area contributed by atoms with Gasteiger partial charge in [-0.05, 0) is 19.8 Å². The second-order valence-electron chi connectivity index (χ2n) is 4.28. The standard InChI is InChI=1S/C13H24N4O2/c1-4-10(6-7-18)15-12-8-11(14-5-2)16-13(17-12)9-19-3/h8,10,18H,4-7,9H2,1-3H3,(H2,14,15,16,17). The van der Waals surface area contributed by atoms with E-state index in [4.69, 9.17) is 9.84 Å². The number of nitrogens with one attached hydrogen (secondary N) is 2. The first kappa shape index (κ1) is 15.7. The molecule has 0 aliphatic heterocycles. The zero-order valence-electron chi connectivity index (χ0n) is 11.9. The molecular weight excluding hydrogens is 244 g/mol. The lowest BCUT2D eigenvalue weighted by Gasteiger charge is -2.17. The van der Waals surface area contributed by atoms with Crippen LogP contribution in [-0.2, 0) is 11.3 Å². The summed E-state index contributed by atoms with van der Waals surface area (Å²) in [6.07, 6.45) is 1.64. The molecule has 3 N–H and O–H groups in total. The molecule has 0 spiro atoms. The van der Waals surface area contributed by atoms with Gasteiger partial charge in [-0.2, -0.15) is 0 Å². The van der Waals surface area contributed by atoms with Crippen molar-refractivity contribution in [3.8, 4) is 0 Å². The molecule has 1 heterocycles. The highest BCUT2D eigenvalue weighted by molar-refractivity contribution is 5.48. The smallest absolute Gasteiger partial charge is 0.158 e. The Morgan fingerprint density at radius 3 is 2.63 bits per heavy atom. The van der Waals surface area contributed by atoms with Crippen molar-refractivity contribution in [3.05, 3.63) is 11.9 Å². The van der Waals surface area contributed by atoms with Crippen molar-refractivity contribution in [1.29, 1.82) is 0 Å². The fraction of sp³-hybridized carbons (Fsp3) is 0.692. The van der Waals surface area contributed by atoms with Gasteiger partial charge in [0.25, 0.3) is 0 Å². The maximum Gasteiger partial charge on any atom is 0.158 e. The van der Waals surface area contributed by atoms with E-state index >= 15 is 0 Å². The molecule has 1 unspecified atom stereocenters. The number of ether oxygens (including phenoxy) is 1. The van der Waals surface area contributed by atoms with Crippen LogP contribution in [0.15, 0.2) is 6.07 Å². The maximum absolute atomic E-state index is 9.02. The van der Waals surface area contributed by atoms with Crippen LogP contribution in [0.5, 0.6) is 0 Å². The summed E-state index contributed by atoms with van der Waals surface area (Å²) in [5.74, 6) is 2.19. The van der Waals surface area contributed by atoms with Gasteiger partial charge in [0.05, 0.1) is 0 Å². The van der Waals surface area contributed by atoms with Crippen LogP contribution in [0.1, 0.15) is 32.5 Å². The van der Waals surface area contributed by atoms with Gasteiger partial charge in [-0.15, -0.1) is 0 Å². The summed E-state index contributed by atoms with van der Waals surface area (Å²) < 4.78 is 5.07. The fourth-order valence-corrected chi connectivity index (χ4v) is 1.78. The van der Waals surface area contributed by atoms with Crippen LogP contribution in [0, 0.1) is 0 Å². The molecule has 1 rings (SSSR count). The normalized spacial score (nSPS) is 12.2. The Balaban J connectivity index is 2.84. The molecule has 0 amide bonds. The first-order chi connectivity index (χ1) is 9.23. The second kappa shape index (κ2) is 8.66.